The highest BCUT2D eigenvalue weighted by molar-refractivity contribution is 5.95. The van der Waals surface area contributed by atoms with Crippen molar-refractivity contribution in [1.82, 2.24) is 20.3 Å². The Hall–Kier alpha value is -2.54. The Morgan fingerprint density at radius 1 is 1.42 bits per heavy atom. The van der Waals surface area contributed by atoms with Crippen LogP contribution in [0.15, 0.2) is 30.6 Å². The number of pyridine rings is 1. The quantitative estimate of drug-likeness (QED) is 0.751. The Morgan fingerprint density at radius 2 is 2.21 bits per heavy atom. The maximum absolute atomic E-state index is 12.6. The van der Waals surface area contributed by atoms with E-state index in [4.69, 9.17) is 5.73 Å². The minimum absolute atomic E-state index is 0.0900. The zero-order valence-corrected chi connectivity index (χ0v) is 13.5. The molecular formula is C17H21N5O2. The maximum atomic E-state index is 12.6. The van der Waals surface area contributed by atoms with Crippen molar-refractivity contribution < 1.29 is 9.90 Å². The summed E-state index contributed by atoms with van der Waals surface area (Å²) >= 11 is 0. The van der Waals surface area contributed by atoms with Gasteiger partial charge in [0.1, 0.15) is 0 Å². The molecule has 1 aliphatic rings. The summed E-state index contributed by atoms with van der Waals surface area (Å²) in [5.41, 5.74) is 7.41. The lowest BCUT2D eigenvalue weighted by atomic mass is 9.76. The fraction of sp³-hybridized carbons (Fsp3) is 0.412. The van der Waals surface area contributed by atoms with Crippen molar-refractivity contribution in [2.75, 3.05) is 5.73 Å². The fourth-order valence-electron chi connectivity index (χ4n) is 2.99. The molecule has 2 aromatic rings. The monoisotopic (exact) mass is 327 g/mol. The fourth-order valence-corrected chi connectivity index (χ4v) is 2.99. The molecule has 1 fully saturated rings. The Morgan fingerprint density at radius 3 is 2.83 bits per heavy atom. The van der Waals surface area contributed by atoms with Gasteiger partial charge in [0.2, 0.25) is 5.95 Å². The number of hydrogen-bond donors (Lipinski definition) is 3. The number of rotatable bonds is 5. The van der Waals surface area contributed by atoms with Crippen LogP contribution < -0.4 is 11.1 Å². The molecule has 24 heavy (non-hydrogen) atoms. The molecule has 1 unspecified atom stereocenters. The summed E-state index contributed by atoms with van der Waals surface area (Å²) in [4.78, 5) is 24.8. The lowest BCUT2D eigenvalue weighted by molar-refractivity contribution is 0.0237. The van der Waals surface area contributed by atoms with Gasteiger partial charge in [-0.2, -0.15) is 0 Å². The Kier molecular flexibility index (Phi) is 4.71. The molecule has 7 nitrogen and oxygen atoms in total. The molecule has 1 saturated carbocycles. The van der Waals surface area contributed by atoms with E-state index >= 15 is 0 Å². The van der Waals surface area contributed by atoms with Crippen molar-refractivity contribution >= 4 is 11.9 Å². The smallest absolute Gasteiger partial charge is 0.254 e. The molecule has 1 atom stereocenters. The van der Waals surface area contributed by atoms with Crippen molar-refractivity contribution in [2.45, 2.75) is 38.3 Å². The minimum Gasteiger partial charge on any atom is -0.393 e. The van der Waals surface area contributed by atoms with Gasteiger partial charge in [-0.1, -0.05) is 6.07 Å². The van der Waals surface area contributed by atoms with Crippen LogP contribution in [0, 0.1) is 12.8 Å². The van der Waals surface area contributed by atoms with Crippen LogP contribution in [0.3, 0.4) is 0 Å². The van der Waals surface area contributed by atoms with E-state index < -0.39 is 0 Å². The molecule has 2 aromatic heterocycles. The SMILES string of the molecule is Cc1nc(N)ncc1C(=O)NC(Cc1ccccn1)C1CC(O)C1. The van der Waals surface area contributed by atoms with Crippen molar-refractivity contribution in [2.24, 2.45) is 5.92 Å². The number of nitrogens with one attached hydrogen (secondary N) is 1. The summed E-state index contributed by atoms with van der Waals surface area (Å²) in [5, 5.41) is 12.7. The number of amides is 1. The van der Waals surface area contributed by atoms with E-state index in [1.165, 1.54) is 6.20 Å². The van der Waals surface area contributed by atoms with Gasteiger partial charge in [-0.25, -0.2) is 9.97 Å². The number of nitrogens with zero attached hydrogens (tertiary/aromatic N) is 3. The zero-order chi connectivity index (χ0) is 17.1. The third-order valence-electron chi connectivity index (χ3n) is 4.43. The average Bonchev–Trinajstić information content (AvgIpc) is 2.52. The normalized spacial score (nSPS) is 20.9. The maximum Gasteiger partial charge on any atom is 0.254 e. The molecule has 1 aliphatic carbocycles. The van der Waals surface area contributed by atoms with Gasteiger partial charge in [-0.3, -0.25) is 9.78 Å². The second-order valence-corrected chi connectivity index (χ2v) is 6.22. The van der Waals surface area contributed by atoms with Gasteiger partial charge in [-0.15, -0.1) is 0 Å². The van der Waals surface area contributed by atoms with E-state index in [0.29, 0.717) is 30.5 Å². The van der Waals surface area contributed by atoms with Gasteiger partial charge in [-0.05, 0) is 37.8 Å². The van der Waals surface area contributed by atoms with E-state index in [9.17, 15) is 9.90 Å². The third kappa shape index (κ3) is 3.68. The first kappa shape index (κ1) is 16.3. The average molecular weight is 327 g/mol. The van der Waals surface area contributed by atoms with Gasteiger partial charge >= 0.3 is 0 Å². The molecule has 0 radical (unpaired) electrons. The Labute approximate surface area is 140 Å². The molecular weight excluding hydrogens is 306 g/mol. The molecule has 4 N–H and O–H groups in total. The first-order chi connectivity index (χ1) is 11.5. The number of aryl methyl sites for hydroxylation is 1. The van der Waals surface area contributed by atoms with E-state index in [1.807, 2.05) is 18.2 Å². The van der Waals surface area contributed by atoms with Gasteiger partial charge in [0.15, 0.2) is 0 Å². The van der Waals surface area contributed by atoms with Crippen molar-refractivity contribution in [3.05, 3.63) is 47.5 Å². The van der Waals surface area contributed by atoms with E-state index in [-0.39, 0.29) is 29.9 Å². The number of aromatic nitrogens is 3. The Balaban J connectivity index is 1.74. The topological polar surface area (TPSA) is 114 Å². The van der Waals surface area contributed by atoms with Crippen molar-refractivity contribution in [1.29, 1.82) is 0 Å². The largest absolute Gasteiger partial charge is 0.393 e. The van der Waals surface area contributed by atoms with Gasteiger partial charge in [0.25, 0.3) is 5.91 Å². The molecule has 3 rings (SSSR count). The van der Waals surface area contributed by atoms with Crippen LogP contribution in [-0.4, -0.2) is 38.1 Å². The predicted octanol–water partition coefficient (Wildman–Crippen LogP) is 0.874. The second kappa shape index (κ2) is 6.92. The molecule has 0 aliphatic heterocycles. The summed E-state index contributed by atoms with van der Waals surface area (Å²) in [5.74, 6) is 0.159. The molecule has 2 heterocycles. The highest BCUT2D eigenvalue weighted by atomic mass is 16.3. The number of aliphatic hydroxyl groups is 1. The second-order valence-electron chi connectivity index (χ2n) is 6.22. The zero-order valence-electron chi connectivity index (χ0n) is 13.5. The lowest BCUT2D eigenvalue weighted by Gasteiger charge is -2.38. The third-order valence-corrected chi connectivity index (χ3v) is 4.43. The van der Waals surface area contributed by atoms with Crippen molar-refractivity contribution in [3.63, 3.8) is 0 Å². The van der Waals surface area contributed by atoms with Crippen LogP contribution >= 0.6 is 0 Å². The van der Waals surface area contributed by atoms with Crippen LogP contribution in [0.1, 0.15) is 34.6 Å². The van der Waals surface area contributed by atoms with E-state index in [0.717, 1.165) is 5.69 Å². The number of aliphatic hydroxyl groups excluding tert-OH is 1. The molecule has 0 aromatic carbocycles. The molecule has 1 amide bonds. The lowest BCUT2D eigenvalue weighted by Crippen LogP contribution is -2.48. The predicted molar refractivity (Wildman–Crippen MR) is 89.1 cm³/mol. The van der Waals surface area contributed by atoms with Crippen LogP contribution in [0.4, 0.5) is 5.95 Å². The summed E-state index contributed by atoms with van der Waals surface area (Å²) < 4.78 is 0. The number of nitrogens with two attached hydrogens (primary N) is 1. The van der Waals surface area contributed by atoms with Crippen LogP contribution in [-0.2, 0) is 6.42 Å². The minimum atomic E-state index is -0.278. The summed E-state index contributed by atoms with van der Waals surface area (Å²) in [7, 11) is 0. The van der Waals surface area contributed by atoms with Gasteiger partial charge in [0.05, 0.1) is 17.4 Å². The number of carbonyl (C=O) groups is 1. The summed E-state index contributed by atoms with van der Waals surface area (Å²) in [6, 6.07) is 5.63. The standard InChI is InChI=1S/C17H21N5O2/c1-10-14(9-20-17(18)21-10)16(24)22-15(11-6-13(23)7-11)8-12-4-2-3-5-19-12/h2-5,9,11,13,15,23H,6-8H2,1H3,(H,22,24)(H2,18,20,21). The first-order valence-corrected chi connectivity index (χ1v) is 8.01. The van der Waals surface area contributed by atoms with E-state index in [1.54, 1.807) is 13.1 Å². The number of carbonyl (C=O) groups excluding carboxylic acids is 1. The molecule has 7 heteroatoms. The summed E-state index contributed by atoms with van der Waals surface area (Å²) in [6.45, 7) is 1.73. The molecule has 0 saturated heterocycles. The highest BCUT2D eigenvalue weighted by Crippen LogP contribution is 2.31. The van der Waals surface area contributed by atoms with Crippen LogP contribution in [0.2, 0.25) is 0 Å². The van der Waals surface area contributed by atoms with Gasteiger partial charge in [0, 0.05) is 30.6 Å². The number of nitrogen functional groups attached to an aromatic ring is 1. The van der Waals surface area contributed by atoms with E-state index in [2.05, 4.69) is 20.3 Å². The Bertz CT molecular complexity index is 716. The van der Waals surface area contributed by atoms with Gasteiger partial charge < -0.3 is 16.2 Å². The number of anilines is 1. The first-order valence-electron chi connectivity index (χ1n) is 8.01. The molecule has 0 spiro atoms. The molecule has 0 bridgehead atoms. The summed E-state index contributed by atoms with van der Waals surface area (Å²) in [6.07, 6.45) is 4.91. The van der Waals surface area contributed by atoms with Crippen LogP contribution in [0.5, 0.6) is 0 Å². The highest BCUT2D eigenvalue weighted by Gasteiger charge is 2.35. The van der Waals surface area contributed by atoms with Crippen LogP contribution in [0.25, 0.3) is 0 Å². The van der Waals surface area contributed by atoms with Crippen molar-refractivity contribution in [3.8, 4) is 0 Å². The molecule has 126 valence electrons. The number of hydrogen-bond acceptors (Lipinski definition) is 6.